The number of aromatic nitrogens is 2. The molecule has 2 saturated heterocycles. The largest absolute Gasteiger partial charge is 0.355 e. The monoisotopic (exact) mass is 255 g/mol. The van der Waals surface area contributed by atoms with Gasteiger partial charge in [-0.15, -0.1) is 0 Å². The van der Waals surface area contributed by atoms with E-state index in [1.165, 1.54) is 0 Å². The first-order chi connectivity index (χ1) is 8.27. The average molecular weight is 256 g/mol. The van der Waals surface area contributed by atoms with Crippen LogP contribution in [0.2, 0.25) is 5.15 Å². The molecule has 3 rings (SSSR count). The molecule has 17 heavy (non-hydrogen) atoms. The molecule has 1 spiro atoms. The minimum absolute atomic E-state index is 0.345. The second-order valence-corrected chi connectivity index (χ2v) is 4.68. The van der Waals surface area contributed by atoms with Crippen molar-refractivity contribution in [1.29, 1.82) is 0 Å². The molecular weight excluding hydrogens is 242 g/mol. The minimum atomic E-state index is -0.345. The molecule has 0 radical (unpaired) electrons. The van der Waals surface area contributed by atoms with Gasteiger partial charge in [-0.25, -0.2) is 4.98 Å². The van der Waals surface area contributed by atoms with Crippen molar-refractivity contribution in [2.24, 2.45) is 0 Å². The summed E-state index contributed by atoms with van der Waals surface area (Å²) < 4.78 is 11.4. The van der Waals surface area contributed by atoms with Gasteiger partial charge >= 0.3 is 0 Å². The molecule has 0 saturated carbocycles. The van der Waals surface area contributed by atoms with Crippen molar-refractivity contribution in [3.8, 4) is 0 Å². The SMILES string of the molecule is Clc1cncc(N2CCC3(CC2)OCCO3)n1. The lowest BCUT2D eigenvalue weighted by Crippen LogP contribution is -2.45. The van der Waals surface area contributed by atoms with Crippen LogP contribution < -0.4 is 4.90 Å². The molecule has 0 amide bonds. The van der Waals surface area contributed by atoms with Crippen molar-refractivity contribution in [3.63, 3.8) is 0 Å². The molecule has 0 bridgehead atoms. The molecule has 0 unspecified atom stereocenters. The maximum Gasteiger partial charge on any atom is 0.171 e. The van der Waals surface area contributed by atoms with Gasteiger partial charge in [0.15, 0.2) is 5.79 Å². The fraction of sp³-hybridized carbons (Fsp3) is 0.636. The molecular formula is C11H14ClN3O2. The van der Waals surface area contributed by atoms with Gasteiger partial charge in [-0.2, -0.15) is 0 Å². The predicted octanol–water partition coefficient (Wildman–Crippen LogP) is 1.47. The van der Waals surface area contributed by atoms with E-state index in [0.717, 1.165) is 31.7 Å². The Bertz CT molecular complexity index is 399. The maximum absolute atomic E-state index is 5.84. The van der Waals surface area contributed by atoms with Crippen molar-refractivity contribution < 1.29 is 9.47 Å². The lowest BCUT2D eigenvalue weighted by atomic mass is 10.0. The van der Waals surface area contributed by atoms with E-state index in [4.69, 9.17) is 21.1 Å². The molecule has 2 aliphatic heterocycles. The van der Waals surface area contributed by atoms with E-state index in [0.29, 0.717) is 18.4 Å². The van der Waals surface area contributed by atoms with Crippen molar-refractivity contribution in [2.75, 3.05) is 31.2 Å². The van der Waals surface area contributed by atoms with Gasteiger partial charge in [0, 0.05) is 25.9 Å². The summed E-state index contributed by atoms with van der Waals surface area (Å²) in [6, 6.07) is 0. The van der Waals surface area contributed by atoms with Crippen LogP contribution in [0, 0.1) is 0 Å². The highest BCUT2D eigenvalue weighted by Gasteiger charge is 2.40. The Labute approximate surface area is 105 Å². The van der Waals surface area contributed by atoms with E-state index < -0.39 is 0 Å². The quantitative estimate of drug-likeness (QED) is 0.761. The summed E-state index contributed by atoms with van der Waals surface area (Å²) in [6.45, 7) is 3.12. The second kappa shape index (κ2) is 4.40. The first kappa shape index (κ1) is 11.2. The van der Waals surface area contributed by atoms with E-state index in [1.807, 2.05) is 0 Å². The van der Waals surface area contributed by atoms with Crippen LogP contribution in [0.1, 0.15) is 12.8 Å². The van der Waals surface area contributed by atoms with Crippen LogP contribution in [0.4, 0.5) is 5.82 Å². The third-order valence-electron chi connectivity index (χ3n) is 3.26. The highest BCUT2D eigenvalue weighted by molar-refractivity contribution is 6.29. The molecule has 2 aliphatic rings. The molecule has 92 valence electrons. The maximum atomic E-state index is 5.84. The van der Waals surface area contributed by atoms with Crippen LogP contribution in [-0.4, -0.2) is 42.1 Å². The highest BCUT2D eigenvalue weighted by atomic mass is 35.5. The van der Waals surface area contributed by atoms with Gasteiger partial charge in [-0.05, 0) is 0 Å². The zero-order chi connectivity index (χ0) is 11.7. The van der Waals surface area contributed by atoms with E-state index in [1.54, 1.807) is 12.4 Å². The molecule has 0 N–H and O–H groups in total. The van der Waals surface area contributed by atoms with Gasteiger partial charge < -0.3 is 14.4 Å². The summed E-state index contributed by atoms with van der Waals surface area (Å²) in [6.07, 6.45) is 5.00. The zero-order valence-electron chi connectivity index (χ0n) is 9.43. The number of rotatable bonds is 1. The normalized spacial score (nSPS) is 23.2. The van der Waals surface area contributed by atoms with Crippen molar-refractivity contribution in [3.05, 3.63) is 17.5 Å². The Morgan fingerprint density at radius 1 is 1.18 bits per heavy atom. The van der Waals surface area contributed by atoms with E-state index in [9.17, 15) is 0 Å². The van der Waals surface area contributed by atoms with Crippen LogP contribution in [0.3, 0.4) is 0 Å². The molecule has 6 heteroatoms. The van der Waals surface area contributed by atoms with Crippen LogP contribution in [0.15, 0.2) is 12.4 Å². The van der Waals surface area contributed by atoms with E-state index in [2.05, 4.69) is 14.9 Å². The minimum Gasteiger partial charge on any atom is -0.355 e. The molecule has 0 aliphatic carbocycles. The first-order valence-electron chi connectivity index (χ1n) is 5.78. The van der Waals surface area contributed by atoms with Crippen molar-refractivity contribution in [2.45, 2.75) is 18.6 Å². The van der Waals surface area contributed by atoms with Gasteiger partial charge in [0.1, 0.15) is 11.0 Å². The Hall–Kier alpha value is -0.910. The lowest BCUT2D eigenvalue weighted by Gasteiger charge is -2.37. The standard InChI is InChI=1S/C11H14ClN3O2/c12-9-7-13-8-10(14-9)15-3-1-11(2-4-15)16-5-6-17-11/h7-8H,1-6H2. The fourth-order valence-corrected chi connectivity index (χ4v) is 2.49. The smallest absolute Gasteiger partial charge is 0.171 e. The average Bonchev–Trinajstić information content (AvgIpc) is 2.79. The number of halogens is 1. The van der Waals surface area contributed by atoms with Crippen molar-refractivity contribution >= 4 is 17.4 Å². The van der Waals surface area contributed by atoms with E-state index in [-0.39, 0.29) is 5.79 Å². The van der Waals surface area contributed by atoms with Gasteiger partial charge in [0.25, 0.3) is 0 Å². The summed E-state index contributed by atoms with van der Waals surface area (Å²) >= 11 is 5.84. The molecule has 0 atom stereocenters. The van der Waals surface area contributed by atoms with Crippen LogP contribution >= 0.6 is 11.6 Å². The number of ether oxygens (including phenoxy) is 2. The molecule has 1 aromatic rings. The summed E-state index contributed by atoms with van der Waals surface area (Å²) in [5.74, 6) is 0.480. The van der Waals surface area contributed by atoms with Gasteiger partial charge in [-0.1, -0.05) is 11.6 Å². The number of hydrogen-bond donors (Lipinski definition) is 0. The number of nitrogens with zero attached hydrogens (tertiary/aromatic N) is 3. The summed E-state index contributed by atoms with van der Waals surface area (Å²) in [7, 11) is 0. The second-order valence-electron chi connectivity index (χ2n) is 4.29. The van der Waals surface area contributed by atoms with E-state index >= 15 is 0 Å². The Morgan fingerprint density at radius 3 is 2.53 bits per heavy atom. The Morgan fingerprint density at radius 2 is 1.88 bits per heavy atom. The third kappa shape index (κ3) is 2.22. The predicted molar refractivity (Wildman–Crippen MR) is 63.1 cm³/mol. The number of hydrogen-bond acceptors (Lipinski definition) is 5. The van der Waals surface area contributed by atoms with Crippen LogP contribution in [0.5, 0.6) is 0 Å². The van der Waals surface area contributed by atoms with Gasteiger partial charge in [0.2, 0.25) is 0 Å². The summed E-state index contributed by atoms with van der Waals surface area (Å²) in [4.78, 5) is 10.5. The lowest BCUT2D eigenvalue weighted by molar-refractivity contribution is -0.169. The number of anilines is 1. The molecule has 5 nitrogen and oxygen atoms in total. The third-order valence-corrected chi connectivity index (χ3v) is 3.44. The van der Waals surface area contributed by atoms with Crippen LogP contribution in [0.25, 0.3) is 0 Å². The molecule has 3 heterocycles. The molecule has 0 aromatic carbocycles. The zero-order valence-corrected chi connectivity index (χ0v) is 10.2. The Balaban J connectivity index is 1.68. The van der Waals surface area contributed by atoms with Gasteiger partial charge in [0.05, 0.1) is 25.6 Å². The summed E-state index contributed by atoms with van der Waals surface area (Å²) in [5, 5.41) is 0.427. The van der Waals surface area contributed by atoms with Gasteiger partial charge in [-0.3, -0.25) is 4.98 Å². The fourth-order valence-electron chi connectivity index (χ4n) is 2.35. The molecule has 1 aromatic heterocycles. The highest BCUT2D eigenvalue weighted by Crippen LogP contribution is 2.32. The van der Waals surface area contributed by atoms with Crippen LogP contribution in [-0.2, 0) is 9.47 Å². The molecule has 2 fully saturated rings. The Kier molecular flexibility index (Phi) is 2.90. The summed E-state index contributed by atoms with van der Waals surface area (Å²) in [5.41, 5.74) is 0. The first-order valence-corrected chi connectivity index (χ1v) is 6.16. The van der Waals surface area contributed by atoms with Crippen molar-refractivity contribution in [1.82, 2.24) is 9.97 Å². The number of piperidine rings is 1. The topological polar surface area (TPSA) is 47.5 Å².